The third-order valence-corrected chi connectivity index (χ3v) is 3.07. The highest BCUT2D eigenvalue weighted by atomic mass is 16.3. The second-order valence-electron chi connectivity index (χ2n) is 4.29. The van der Waals surface area contributed by atoms with Crippen LogP contribution in [0.25, 0.3) is 10.8 Å². The predicted octanol–water partition coefficient (Wildman–Crippen LogP) is 2.32. The van der Waals surface area contributed by atoms with Gasteiger partial charge in [0.1, 0.15) is 5.75 Å². The Hall–Kier alpha value is -1.58. The molecule has 0 aromatic heterocycles. The molecule has 0 aliphatic heterocycles. The molecular weight excluding hydrogens is 214 g/mol. The summed E-state index contributed by atoms with van der Waals surface area (Å²) in [4.78, 5) is 0. The minimum atomic E-state index is -0.524. The highest BCUT2D eigenvalue weighted by Crippen LogP contribution is 2.24. The van der Waals surface area contributed by atoms with Crippen LogP contribution in [0.2, 0.25) is 0 Å². The molecule has 0 saturated carbocycles. The van der Waals surface area contributed by atoms with Crippen LogP contribution in [0, 0.1) is 0 Å². The van der Waals surface area contributed by atoms with Crippen LogP contribution in [0.1, 0.15) is 24.9 Å². The third kappa shape index (κ3) is 2.40. The Bertz CT molecular complexity index is 525. The van der Waals surface area contributed by atoms with E-state index in [0.29, 0.717) is 6.42 Å². The predicted molar refractivity (Wildman–Crippen MR) is 68.8 cm³/mol. The Morgan fingerprint density at radius 1 is 1.12 bits per heavy atom. The minimum Gasteiger partial charge on any atom is -0.508 e. The van der Waals surface area contributed by atoms with Crippen LogP contribution in [0.5, 0.6) is 5.75 Å². The lowest BCUT2D eigenvalue weighted by Crippen LogP contribution is -2.25. The molecule has 0 aliphatic carbocycles. The van der Waals surface area contributed by atoms with Crippen molar-refractivity contribution in [3.05, 3.63) is 42.0 Å². The molecule has 2 rings (SSSR count). The Balaban J connectivity index is 2.41. The minimum absolute atomic E-state index is 0.253. The molecule has 3 heteroatoms. The van der Waals surface area contributed by atoms with Crippen LogP contribution < -0.4 is 5.73 Å². The number of benzene rings is 2. The zero-order valence-electron chi connectivity index (χ0n) is 9.80. The normalized spacial score (nSPS) is 14.8. The van der Waals surface area contributed by atoms with Crippen LogP contribution >= 0.6 is 0 Å². The number of hydrogen-bond donors (Lipinski definition) is 3. The van der Waals surface area contributed by atoms with Crippen molar-refractivity contribution in [2.24, 2.45) is 5.73 Å². The first-order valence-corrected chi connectivity index (χ1v) is 5.78. The Morgan fingerprint density at radius 2 is 1.76 bits per heavy atom. The largest absolute Gasteiger partial charge is 0.508 e. The fraction of sp³-hybridized carbons (Fsp3) is 0.286. The summed E-state index contributed by atoms with van der Waals surface area (Å²) in [5, 5.41) is 21.1. The van der Waals surface area contributed by atoms with Gasteiger partial charge in [-0.05, 0) is 41.0 Å². The van der Waals surface area contributed by atoms with Crippen molar-refractivity contribution >= 4 is 10.8 Å². The van der Waals surface area contributed by atoms with Crippen molar-refractivity contribution in [2.75, 3.05) is 0 Å². The maximum absolute atomic E-state index is 9.73. The molecule has 0 radical (unpaired) electrons. The molecule has 0 heterocycles. The van der Waals surface area contributed by atoms with Crippen molar-refractivity contribution < 1.29 is 10.2 Å². The zero-order chi connectivity index (χ0) is 12.4. The van der Waals surface area contributed by atoms with Gasteiger partial charge in [0.2, 0.25) is 0 Å². The Morgan fingerprint density at radius 3 is 2.47 bits per heavy atom. The van der Waals surface area contributed by atoms with E-state index in [4.69, 9.17) is 5.73 Å². The summed E-state index contributed by atoms with van der Waals surface area (Å²) in [7, 11) is 0. The molecule has 17 heavy (non-hydrogen) atoms. The van der Waals surface area contributed by atoms with Gasteiger partial charge in [0.05, 0.1) is 12.1 Å². The van der Waals surface area contributed by atoms with Gasteiger partial charge < -0.3 is 15.9 Å². The van der Waals surface area contributed by atoms with E-state index in [2.05, 4.69) is 0 Å². The summed E-state index contributed by atoms with van der Waals surface area (Å²) in [6.45, 7) is 1.91. The average Bonchev–Trinajstić information content (AvgIpc) is 2.36. The zero-order valence-corrected chi connectivity index (χ0v) is 9.80. The second-order valence-corrected chi connectivity index (χ2v) is 4.29. The van der Waals surface area contributed by atoms with Crippen molar-refractivity contribution in [2.45, 2.75) is 25.5 Å². The summed E-state index contributed by atoms with van der Waals surface area (Å²) in [6, 6.07) is 10.6. The molecule has 2 atom stereocenters. The Labute approximate surface area is 101 Å². The van der Waals surface area contributed by atoms with Crippen molar-refractivity contribution in [1.29, 1.82) is 0 Å². The molecule has 0 saturated heterocycles. The van der Waals surface area contributed by atoms with Gasteiger partial charge in [-0.15, -0.1) is 0 Å². The van der Waals surface area contributed by atoms with Crippen molar-refractivity contribution in [3.8, 4) is 5.75 Å². The first-order valence-electron chi connectivity index (χ1n) is 5.78. The van der Waals surface area contributed by atoms with Gasteiger partial charge >= 0.3 is 0 Å². The first kappa shape index (κ1) is 11.9. The molecule has 0 spiro atoms. The molecule has 4 N–H and O–H groups in total. The lowest BCUT2D eigenvalue weighted by Gasteiger charge is -2.18. The molecule has 3 nitrogen and oxygen atoms in total. The van der Waals surface area contributed by atoms with Gasteiger partial charge in [-0.25, -0.2) is 0 Å². The quantitative estimate of drug-likeness (QED) is 0.759. The van der Waals surface area contributed by atoms with Gasteiger partial charge in [-0.1, -0.05) is 25.1 Å². The molecular formula is C14H17NO2. The number of aromatic hydroxyl groups is 1. The maximum Gasteiger partial charge on any atom is 0.116 e. The number of aliphatic hydroxyl groups is 1. The molecule has 0 fully saturated rings. The molecule has 2 aromatic carbocycles. The number of nitrogens with two attached hydrogens (primary N) is 1. The highest BCUT2D eigenvalue weighted by Gasteiger charge is 2.14. The summed E-state index contributed by atoms with van der Waals surface area (Å²) >= 11 is 0. The SMILES string of the molecule is CC[C@H](O)[C@H](N)c1ccc2cc(O)ccc2c1. The smallest absolute Gasteiger partial charge is 0.116 e. The van der Waals surface area contributed by atoms with Crippen molar-refractivity contribution in [3.63, 3.8) is 0 Å². The fourth-order valence-electron chi connectivity index (χ4n) is 1.94. The van der Waals surface area contributed by atoms with E-state index in [9.17, 15) is 10.2 Å². The van der Waals surface area contributed by atoms with Gasteiger partial charge in [-0.3, -0.25) is 0 Å². The lowest BCUT2D eigenvalue weighted by atomic mass is 9.97. The van der Waals surface area contributed by atoms with E-state index in [1.54, 1.807) is 12.1 Å². The van der Waals surface area contributed by atoms with Crippen LogP contribution in [-0.2, 0) is 0 Å². The number of rotatable bonds is 3. The van der Waals surface area contributed by atoms with Crippen LogP contribution in [0.4, 0.5) is 0 Å². The summed E-state index contributed by atoms with van der Waals surface area (Å²) in [5.41, 5.74) is 6.88. The maximum atomic E-state index is 9.73. The van der Waals surface area contributed by atoms with Gasteiger partial charge in [0.15, 0.2) is 0 Å². The fourth-order valence-corrected chi connectivity index (χ4v) is 1.94. The number of aliphatic hydroxyl groups excluding tert-OH is 1. The van der Waals surface area contributed by atoms with Crippen LogP contribution in [0.3, 0.4) is 0 Å². The standard InChI is InChI=1S/C14H17NO2/c1-2-13(17)14(15)11-4-3-10-8-12(16)6-5-9(10)7-11/h3-8,13-14,16-17H,2,15H2,1H3/t13-,14+/m0/s1. The molecule has 2 aromatic rings. The van der Waals surface area contributed by atoms with E-state index in [1.165, 1.54) is 0 Å². The molecule has 0 unspecified atom stereocenters. The van der Waals surface area contributed by atoms with E-state index in [1.807, 2.05) is 31.2 Å². The second kappa shape index (κ2) is 4.73. The van der Waals surface area contributed by atoms with Crippen molar-refractivity contribution in [1.82, 2.24) is 0 Å². The van der Waals surface area contributed by atoms with Crippen LogP contribution in [-0.4, -0.2) is 16.3 Å². The summed E-state index contributed by atoms with van der Waals surface area (Å²) in [5.74, 6) is 0.253. The third-order valence-electron chi connectivity index (χ3n) is 3.07. The van der Waals surface area contributed by atoms with E-state index in [0.717, 1.165) is 16.3 Å². The van der Waals surface area contributed by atoms with E-state index in [-0.39, 0.29) is 11.8 Å². The van der Waals surface area contributed by atoms with Gasteiger partial charge in [0, 0.05) is 0 Å². The number of hydrogen-bond acceptors (Lipinski definition) is 3. The monoisotopic (exact) mass is 231 g/mol. The topological polar surface area (TPSA) is 66.5 Å². The molecule has 0 aliphatic rings. The number of fused-ring (bicyclic) bond motifs is 1. The van der Waals surface area contributed by atoms with Crippen LogP contribution in [0.15, 0.2) is 36.4 Å². The average molecular weight is 231 g/mol. The first-order chi connectivity index (χ1) is 8.11. The van der Waals surface area contributed by atoms with E-state index >= 15 is 0 Å². The number of phenols is 1. The number of phenolic OH excluding ortho intramolecular Hbond substituents is 1. The summed E-state index contributed by atoms with van der Waals surface area (Å²) in [6.07, 6.45) is 0.110. The van der Waals surface area contributed by atoms with Gasteiger partial charge in [0.25, 0.3) is 0 Å². The lowest BCUT2D eigenvalue weighted by molar-refractivity contribution is 0.141. The summed E-state index contributed by atoms with van der Waals surface area (Å²) < 4.78 is 0. The molecule has 90 valence electrons. The molecule has 0 amide bonds. The Kier molecular flexibility index (Phi) is 3.31. The molecule has 0 bridgehead atoms. The van der Waals surface area contributed by atoms with E-state index < -0.39 is 6.10 Å². The van der Waals surface area contributed by atoms with Gasteiger partial charge in [-0.2, -0.15) is 0 Å². The highest BCUT2D eigenvalue weighted by molar-refractivity contribution is 5.84.